The Morgan fingerprint density at radius 1 is 1.27 bits per heavy atom. The molecule has 0 aliphatic carbocycles. The van der Waals surface area contributed by atoms with Gasteiger partial charge in [-0.3, -0.25) is 9.59 Å². The first kappa shape index (κ1) is 16.4. The molecule has 0 aliphatic heterocycles. The fraction of sp³-hybridized carbons (Fsp3) is 0.133. The lowest BCUT2D eigenvalue weighted by Crippen LogP contribution is -2.20. The molecule has 0 bridgehead atoms. The second-order valence-corrected chi connectivity index (χ2v) is 6.36. The highest BCUT2D eigenvalue weighted by Gasteiger charge is 2.07. The van der Waals surface area contributed by atoms with Crippen LogP contribution in [0.4, 0.5) is 5.69 Å². The molecule has 0 unspecified atom stereocenters. The number of halogens is 1. The van der Waals surface area contributed by atoms with Gasteiger partial charge in [-0.1, -0.05) is 28.1 Å². The number of amides is 2. The third kappa shape index (κ3) is 5.09. The minimum absolute atomic E-state index is 0.108. The SMILES string of the molecule is CC(CC(=O)Nc1cccc(Br)c1)=NNC(=O)c1cccs1. The van der Waals surface area contributed by atoms with Gasteiger partial charge < -0.3 is 5.32 Å². The molecule has 0 atom stereocenters. The van der Waals surface area contributed by atoms with Crippen LogP contribution >= 0.6 is 27.3 Å². The number of nitrogens with zero attached hydrogens (tertiary/aromatic N) is 1. The summed E-state index contributed by atoms with van der Waals surface area (Å²) in [5.74, 6) is -0.466. The zero-order valence-electron chi connectivity index (χ0n) is 11.8. The van der Waals surface area contributed by atoms with E-state index in [9.17, 15) is 9.59 Å². The van der Waals surface area contributed by atoms with Crippen molar-refractivity contribution in [2.45, 2.75) is 13.3 Å². The standard InChI is InChI=1S/C15H14BrN3O2S/c1-10(18-19-15(21)13-6-3-7-22-13)8-14(20)17-12-5-2-4-11(16)9-12/h2-7,9H,8H2,1H3,(H,17,20)(H,19,21). The van der Waals surface area contributed by atoms with Crippen LogP contribution in [-0.4, -0.2) is 17.5 Å². The minimum atomic E-state index is -0.276. The molecule has 1 heterocycles. The van der Waals surface area contributed by atoms with Gasteiger partial charge in [0.1, 0.15) is 0 Å². The molecule has 0 aliphatic rings. The summed E-state index contributed by atoms with van der Waals surface area (Å²) in [5, 5.41) is 8.52. The van der Waals surface area contributed by atoms with Gasteiger partial charge in [0.15, 0.2) is 0 Å². The van der Waals surface area contributed by atoms with Crippen molar-refractivity contribution in [3.63, 3.8) is 0 Å². The van der Waals surface area contributed by atoms with Crippen molar-refractivity contribution in [1.82, 2.24) is 5.43 Å². The van der Waals surface area contributed by atoms with Gasteiger partial charge in [0.05, 0.1) is 11.3 Å². The van der Waals surface area contributed by atoms with E-state index in [1.54, 1.807) is 25.1 Å². The zero-order chi connectivity index (χ0) is 15.9. The number of carbonyl (C=O) groups excluding carboxylic acids is 2. The van der Waals surface area contributed by atoms with E-state index in [0.717, 1.165) is 4.47 Å². The third-order valence-electron chi connectivity index (χ3n) is 2.62. The van der Waals surface area contributed by atoms with E-state index in [1.807, 2.05) is 23.6 Å². The molecule has 2 amide bonds. The summed E-state index contributed by atoms with van der Waals surface area (Å²) in [7, 11) is 0. The first-order valence-electron chi connectivity index (χ1n) is 6.47. The smallest absolute Gasteiger partial charge is 0.281 e. The molecule has 2 N–H and O–H groups in total. The van der Waals surface area contributed by atoms with Crippen LogP contribution in [-0.2, 0) is 4.79 Å². The van der Waals surface area contributed by atoms with E-state index in [-0.39, 0.29) is 18.2 Å². The average molecular weight is 380 g/mol. The third-order valence-corrected chi connectivity index (χ3v) is 3.98. The van der Waals surface area contributed by atoms with E-state index in [4.69, 9.17) is 0 Å². The summed E-state index contributed by atoms with van der Waals surface area (Å²) in [6.07, 6.45) is 0.108. The summed E-state index contributed by atoms with van der Waals surface area (Å²) in [6, 6.07) is 10.8. The molecular formula is C15H14BrN3O2S. The first-order valence-corrected chi connectivity index (χ1v) is 8.14. The molecule has 0 spiro atoms. The number of anilines is 1. The lowest BCUT2D eigenvalue weighted by Gasteiger charge is -2.05. The second kappa shape index (κ2) is 7.86. The van der Waals surface area contributed by atoms with Crippen LogP contribution in [0.25, 0.3) is 0 Å². The summed E-state index contributed by atoms with van der Waals surface area (Å²) < 4.78 is 0.888. The van der Waals surface area contributed by atoms with Crippen molar-refractivity contribution < 1.29 is 9.59 Å². The van der Waals surface area contributed by atoms with Crippen LogP contribution in [0.3, 0.4) is 0 Å². The monoisotopic (exact) mass is 379 g/mol. The van der Waals surface area contributed by atoms with Gasteiger partial charge in [-0.2, -0.15) is 5.10 Å². The Morgan fingerprint density at radius 2 is 2.09 bits per heavy atom. The number of rotatable bonds is 5. The molecule has 7 heteroatoms. The highest BCUT2D eigenvalue weighted by atomic mass is 79.9. The quantitative estimate of drug-likeness (QED) is 0.614. The van der Waals surface area contributed by atoms with Crippen LogP contribution in [0.1, 0.15) is 23.0 Å². The Kier molecular flexibility index (Phi) is 5.85. The van der Waals surface area contributed by atoms with E-state index < -0.39 is 0 Å². The van der Waals surface area contributed by atoms with E-state index in [2.05, 4.69) is 31.8 Å². The Balaban J connectivity index is 1.85. The molecule has 0 fully saturated rings. The van der Waals surface area contributed by atoms with Gasteiger partial charge in [0.2, 0.25) is 5.91 Å². The summed E-state index contributed by atoms with van der Waals surface area (Å²) in [5.41, 5.74) is 3.66. The predicted molar refractivity (Wildman–Crippen MR) is 92.3 cm³/mol. The Hall–Kier alpha value is -1.99. The van der Waals surface area contributed by atoms with Gasteiger partial charge >= 0.3 is 0 Å². The first-order chi connectivity index (χ1) is 10.5. The maximum atomic E-state index is 11.9. The number of nitrogens with one attached hydrogen (secondary N) is 2. The number of thiophene rings is 1. The number of hydrogen-bond donors (Lipinski definition) is 2. The molecule has 2 aromatic rings. The van der Waals surface area contributed by atoms with Crippen molar-refractivity contribution in [3.8, 4) is 0 Å². The highest BCUT2D eigenvalue weighted by molar-refractivity contribution is 9.10. The number of benzene rings is 1. The molecule has 0 saturated heterocycles. The maximum absolute atomic E-state index is 11.9. The summed E-state index contributed by atoms with van der Waals surface area (Å²) >= 11 is 4.68. The predicted octanol–water partition coefficient (Wildman–Crippen LogP) is 3.65. The van der Waals surface area contributed by atoms with Crippen molar-refractivity contribution in [3.05, 3.63) is 51.1 Å². The van der Waals surface area contributed by atoms with Crippen molar-refractivity contribution in [2.24, 2.45) is 5.10 Å². The molecule has 2 rings (SSSR count). The maximum Gasteiger partial charge on any atom is 0.281 e. The average Bonchev–Trinajstić information content (AvgIpc) is 2.98. The Bertz CT molecular complexity index is 699. The van der Waals surface area contributed by atoms with Crippen LogP contribution in [0, 0.1) is 0 Å². The molecule has 5 nitrogen and oxygen atoms in total. The molecule has 22 heavy (non-hydrogen) atoms. The van der Waals surface area contributed by atoms with E-state index in [1.165, 1.54) is 11.3 Å². The molecule has 0 saturated carbocycles. The van der Waals surface area contributed by atoms with Gasteiger partial charge in [0.25, 0.3) is 5.91 Å². The Morgan fingerprint density at radius 3 is 2.77 bits per heavy atom. The lowest BCUT2D eigenvalue weighted by molar-refractivity contribution is -0.115. The topological polar surface area (TPSA) is 70.6 Å². The fourth-order valence-electron chi connectivity index (χ4n) is 1.65. The lowest BCUT2D eigenvalue weighted by atomic mass is 10.2. The molecular weight excluding hydrogens is 366 g/mol. The summed E-state index contributed by atoms with van der Waals surface area (Å²) in [4.78, 5) is 24.2. The largest absolute Gasteiger partial charge is 0.326 e. The minimum Gasteiger partial charge on any atom is -0.326 e. The van der Waals surface area contributed by atoms with Crippen molar-refractivity contribution in [1.29, 1.82) is 0 Å². The van der Waals surface area contributed by atoms with Gasteiger partial charge in [-0.25, -0.2) is 5.43 Å². The van der Waals surface area contributed by atoms with E-state index in [0.29, 0.717) is 16.3 Å². The molecule has 1 aromatic heterocycles. The summed E-state index contributed by atoms with van der Waals surface area (Å²) in [6.45, 7) is 1.69. The zero-order valence-corrected chi connectivity index (χ0v) is 14.2. The number of hydrazone groups is 1. The van der Waals surface area contributed by atoms with E-state index >= 15 is 0 Å². The van der Waals surface area contributed by atoms with Crippen molar-refractivity contribution >= 4 is 50.5 Å². The highest BCUT2D eigenvalue weighted by Crippen LogP contribution is 2.15. The fourth-order valence-corrected chi connectivity index (χ4v) is 2.67. The second-order valence-electron chi connectivity index (χ2n) is 4.50. The van der Waals surface area contributed by atoms with Crippen molar-refractivity contribution in [2.75, 3.05) is 5.32 Å². The van der Waals surface area contributed by atoms with Gasteiger partial charge in [-0.15, -0.1) is 11.3 Å². The molecule has 1 aromatic carbocycles. The van der Waals surface area contributed by atoms with Crippen LogP contribution < -0.4 is 10.7 Å². The van der Waals surface area contributed by atoms with Gasteiger partial charge in [-0.05, 0) is 36.6 Å². The normalized spacial score (nSPS) is 11.1. The van der Waals surface area contributed by atoms with Gasteiger partial charge in [0, 0.05) is 15.9 Å². The van der Waals surface area contributed by atoms with Crippen LogP contribution in [0.15, 0.2) is 51.4 Å². The molecule has 114 valence electrons. The number of carbonyl (C=O) groups is 2. The van der Waals surface area contributed by atoms with Crippen LogP contribution in [0.2, 0.25) is 0 Å². The van der Waals surface area contributed by atoms with Crippen LogP contribution in [0.5, 0.6) is 0 Å². The molecule has 0 radical (unpaired) electrons. The Labute approximate surface area is 140 Å². The number of hydrogen-bond acceptors (Lipinski definition) is 4.